The van der Waals surface area contributed by atoms with Crippen LogP contribution in [0.5, 0.6) is 0 Å². The van der Waals surface area contributed by atoms with Crippen molar-refractivity contribution in [3.8, 4) is 0 Å². The molecule has 1 saturated carbocycles. The lowest BCUT2D eigenvalue weighted by Gasteiger charge is -2.42. The van der Waals surface area contributed by atoms with Crippen LogP contribution in [-0.4, -0.2) is 63.2 Å². The summed E-state index contributed by atoms with van der Waals surface area (Å²) in [5.74, 6) is 0.940. The molecule has 0 aromatic heterocycles. The third-order valence-electron chi connectivity index (χ3n) is 5.49. The highest BCUT2D eigenvalue weighted by atomic mass is 15.2. The molecule has 2 fully saturated rings. The van der Waals surface area contributed by atoms with E-state index in [1.54, 1.807) is 0 Å². The Labute approximate surface area is 126 Å². The molecule has 1 aliphatic heterocycles. The van der Waals surface area contributed by atoms with Gasteiger partial charge in [-0.15, -0.1) is 0 Å². The van der Waals surface area contributed by atoms with Crippen molar-refractivity contribution in [3.05, 3.63) is 0 Å². The van der Waals surface area contributed by atoms with Crippen molar-refractivity contribution >= 4 is 0 Å². The molecule has 20 heavy (non-hydrogen) atoms. The summed E-state index contributed by atoms with van der Waals surface area (Å²) in [6.45, 7) is 10.0. The largest absolute Gasteiger partial charge is 0.319 e. The van der Waals surface area contributed by atoms with Gasteiger partial charge in [-0.3, -0.25) is 0 Å². The highest BCUT2D eigenvalue weighted by molar-refractivity contribution is 4.88. The summed E-state index contributed by atoms with van der Waals surface area (Å²) in [7, 11) is 4.44. The Bertz CT molecular complexity index is 265. The van der Waals surface area contributed by atoms with Crippen LogP contribution >= 0.6 is 0 Å². The standard InChI is InChI=1S/C17H35N3/c1-16-6-8-17(9-7-16,14-18-2)15-19(3)12-13-20-10-4-5-11-20/h16,18H,4-15H2,1-3H3. The maximum Gasteiger partial charge on any atom is 0.0109 e. The average Bonchev–Trinajstić information content (AvgIpc) is 2.94. The summed E-state index contributed by atoms with van der Waals surface area (Å²) in [5.41, 5.74) is 0.529. The summed E-state index contributed by atoms with van der Waals surface area (Å²) in [6.07, 6.45) is 8.46. The van der Waals surface area contributed by atoms with Gasteiger partial charge in [-0.2, -0.15) is 0 Å². The molecular formula is C17H35N3. The Kier molecular flexibility index (Phi) is 6.31. The zero-order chi connectivity index (χ0) is 14.4. The first-order valence-corrected chi connectivity index (χ1v) is 8.69. The van der Waals surface area contributed by atoms with Crippen molar-refractivity contribution < 1.29 is 0 Å². The Morgan fingerprint density at radius 3 is 2.45 bits per heavy atom. The summed E-state index contributed by atoms with van der Waals surface area (Å²) in [5, 5.41) is 3.46. The molecule has 1 aliphatic carbocycles. The van der Waals surface area contributed by atoms with Crippen molar-refractivity contribution in [2.24, 2.45) is 11.3 Å². The van der Waals surface area contributed by atoms with Gasteiger partial charge < -0.3 is 15.1 Å². The van der Waals surface area contributed by atoms with Crippen LogP contribution in [0, 0.1) is 11.3 Å². The Morgan fingerprint density at radius 2 is 1.85 bits per heavy atom. The molecule has 0 amide bonds. The van der Waals surface area contributed by atoms with Gasteiger partial charge in [0.1, 0.15) is 0 Å². The smallest absolute Gasteiger partial charge is 0.0109 e. The van der Waals surface area contributed by atoms with E-state index < -0.39 is 0 Å². The zero-order valence-corrected chi connectivity index (χ0v) is 14.0. The summed E-state index contributed by atoms with van der Waals surface area (Å²) < 4.78 is 0. The van der Waals surface area contributed by atoms with Gasteiger partial charge in [-0.25, -0.2) is 0 Å². The Balaban J connectivity index is 1.77. The van der Waals surface area contributed by atoms with E-state index in [1.165, 1.54) is 77.8 Å². The van der Waals surface area contributed by atoms with Gasteiger partial charge in [0.25, 0.3) is 0 Å². The molecule has 118 valence electrons. The topological polar surface area (TPSA) is 18.5 Å². The Hall–Kier alpha value is -0.120. The number of likely N-dealkylation sites (tertiary alicyclic amines) is 1. The van der Waals surface area contributed by atoms with Crippen LogP contribution in [0.4, 0.5) is 0 Å². The second-order valence-corrected chi connectivity index (χ2v) is 7.50. The molecule has 3 nitrogen and oxygen atoms in total. The van der Waals surface area contributed by atoms with Crippen LogP contribution in [0.1, 0.15) is 45.4 Å². The molecule has 0 aromatic rings. The highest BCUT2D eigenvalue weighted by Crippen LogP contribution is 2.38. The first-order chi connectivity index (χ1) is 9.63. The summed E-state index contributed by atoms with van der Waals surface area (Å²) >= 11 is 0. The second kappa shape index (κ2) is 7.77. The van der Waals surface area contributed by atoms with Crippen LogP contribution in [0.3, 0.4) is 0 Å². The van der Waals surface area contributed by atoms with Crippen molar-refractivity contribution in [1.82, 2.24) is 15.1 Å². The third kappa shape index (κ3) is 4.71. The van der Waals surface area contributed by atoms with E-state index in [0.29, 0.717) is 5.41 Å². The van der Waals surface area contributed by atoms with Crippen molar-refractivity contribution in [3.63, 3.8) is 0 Å². The van der Waals surface area contributed by atoms with Crippen molar-refractivity contribution in [2.75, 3.05) is 53.4 Å². The van der Waals surface area contributed by atoms with E-state index in [4.69, 9.17) is 0 Å². The van der Waals surface area contributed by atoms with E-state index in [2.05, 4.69) is 36.1 Å². The lowest BCUT2D eigenvalue weighted by atomic mass is 9.70. The summed E-state index contributed by atoms with van der Waals surface area (Å²) in [4.78, 5) is 5.22. The maximum absolute atomic E-state index is 3.46. The molecule has 3 heteroatoms. The van der Waals surface area contributed by atoms with Gasteiger partial charge >= 0.3 is 0 Å². The van der Waals surface area contributed by atoms with Crippen LogP contribution in [0.25, 0.3) is 0 Å². The molecule has 0 unspecified atom stereocenters. The predicted molar refractivity (Wildman–Crippen MR) is 87.2 cm³/mol. The minimum atomic E-state index is 0.529. The Morgan fingerprint density at radius 1 is 1.20 bits per heavy atom. The van der Waals surface area contributed by atoms with Gasteiger partial charge in [0.05, 0.1) is 0 Å². The average molecular weight is 281 g/mol. The van der Waals surface area contributed by atoms with Gasteiger partial charge in [0, 0.05) is 26.2 Å². The molecule has 2 aliphatic rings. The first-order valence-electron chi connectivity index (χ1n) is 8.69. The number of hydrogen-bond acceptors (Lipinski definition) is 3. The molecule has 0 aromatic carbocycles. The van der Waals surface area contributed by atoms with E-state index >= 15 is 0 Å². The van der Waals surface area contributed by atoms with Gasteiger partial charge in [-0.1, -0.05) is 19.8 Å². The number of nitrogens with one attached hydrogen (secondary N) is 1. The number of hydrogen-bond donors (Lipinski definition) is 1. The van der Waals surface area contributed by atoms with E-state index in [9.17, 15) is 0 Å². The SMILES string of the molecule is CNCC1(CN(C)CCN2CCCC2)CCC(C)CC1. The monoisotopic (exact) mass is 281 g/mol. The third-order valence-corrected chi connectivity index (χ3v) is 5.49. The molecule has 0 bridgehead atoms. The van der Waals surface area contributed by atoms with Crippen LogP contribution in [0.2, 0.25) is 0 Å². The molecular weight excluding hydrogens is 246 g/mol. The van der Waals surface area contributed by atoms with Crippen LogP contribution in [0.15, 0.2) is 0 Å². The van der Waals surface area contributed by atoms with Gasteiger partial charge in [0.15, 0.2) is 0 Å². The molecule has 0 spiro atoms. The fourth-order valence-corrected chi connectivity index (χ4v) is 4.11. The lowest BCUT2D eigenvalue weighted by molar-refractivity contribution is 0.0963. The maximum atomic E-state index is 3.46. The van der Waals surface area contributed by atoms with Crippen LogP contribution < -0.4 is 5.32 Å². The van der Waals surface area contributed by atoms with E-state index in [1.807, 2.05) is 0 Å². The van der Waals surface area contributed by atoms with E-state index in [-0.39, 0.29) is 0 Å². The number of likely N-dealkylation sites (N-methyl/N-ethyl adjacent to an activating group) is 1. The van der Waals surface area contributed by atoms with E-state index in [0.717, 1.165) is 5.92 Å². The van der Waals surface area contributed by atoms with Crippen molar-refractivity contribution in [1.29, 1.82) is 0 Å². The number of rotatable bonds is 7. The summed E-state index contributed by atoms with van der Waals surface area (Å²) in [6, 6.07) is 0. The molecule has 1 heterocycles. The van der Waals surface area contributed by atoms with Crippen molar-refractivity contribution in [2.45, 2.75) is 45.4 Å². The quantitative estimate of drug-likeness (QED) is 0.773. The predicted octanol–water partition coefficient (Wildman–Crippen LogP) is 2.43. The number of nitrogens with zero attached hydrogens (tertiary/aromatic N) is 2. The lowest BCUT2D eigenvalue weighted by Crippen LogP contribution is -2.45. The minimum Gasteiger partial charge on any atom is -0.319 e. The zero-order valence-electron chi connectivity index (χ0n) is 14.0. The highest BCUT2D eigenvalue weighted by Gasteiger charge is 2.34. The minimum absolute atomic E-state index is 0.529. The second-order valence-electron chi connectivity index (χ2n) is 7.50. The molecule has 0 radical (unpaired) electrons. The first kappa shape index (κ1) is 16.3. The van der Waals surface area contributed by atoms with Gasteiger partial charge in [0.2, 0.25) is 0 Å². The van der Waals surface area contributed by atoms with Crippen LogP contribution in [-0.2, 0) is 0 Å². The molecule has 1 saturated heterocycles. The fraction of sp³-hybridized carbons (Fsp3) is 1.00. The van der Waals surface area contributed by atoms with Gasteiger partial charge in [-0.05, 0) is 64.2 Å². The normalized spacial score (nSPS) is 32.1. The molecule has 0 atom stereocenters. The molecule has 1 N–H and O–H groups in total. The molecule has 2 rings (SSSR count). The fourth-order valence-electron chi connectivity index (χ4n) is 4.11.